The van der Waals surface area contributed by atoms with Crippen molar-refractivity contribution in [3.63, 3.8) is 0 Å². The molecule has 0 aliphatic carbocycles. The second-order valence-corrected chi connectivity index (χ2v) is 3.25. The maximum absolute atomic E-state index is 12.7. The molecule has 0 saturated carbocycles. The van der Waals surface area contributed by atoms with Crippen LogP contribution in [0.5, 0.6) is 5.75 Å². The van der Waals surface area contributed by atoms with Crippen LogP contribution in [0.15, 0.2) is 29.3 Å². The Kier molecular flexibility index (Phi) is 3.93. The van der Waals surface area contributed by atoms with Crippen LogP contribution in [0.2, 0.25) is 0 Å². The summed E-state index contributed by atoms with van der Waals surface area (Å²) in [6.45, 7) is 1.82. The molecule has 0 unspecified atom stereocenters. The number of aromatic hydroxyl groups is 1. The van der Waals surface area contributed by atoms with Crippen molar-refractivity contribution in [3.8, 4) is 5.75 Å². The molecule has 88 valence electrons. The maximum Gasteiger partial charge on any atom is 0.433 e. The van der Waals surface area contributed by atoms with Gasteiger partial charge in [0.2, 0.25) is 0 Å². The molecule has 1 N–H and O–H groups in total. The molecule has 0 bridgehead atoms. The summed E-state index contributed by atoms with van der Waals surface area (Å²) in [6.07, 6.45) is -4.03. The minimum Gasteiger partial charge on any atom is -0.507 e. The van der Waals surface area contributed by atoms with Gasteiger partial charge in [-0.1, -0.05) is 19.1 Å². The van der Waals surface area contributed by atoms with E-state index >= 15 is 0 Å². The van der Waals surface area contributed by atoms with Crippen molar-refractivity contribution >= 4 is 5.71 Å². The van der Waals surface area contributed by atoms with Crippen LogP contribution in [-0.2, 0) is 0 Å². The highest BCUT2D eigenvalue weighted by Crippen LogP contribution is 2.27. The lowest BCUT2D eigenvalue weighted by Gasteiger charge is -2.11. The summed E-state index contributed by atoms with van der Waals surface area (Å²) in [5, 5.41) is 9.36. The lowest BCUT2D eigenvalue weighted by atomic mass is 10.1. The van der Waals surface area contributed by atoms with E-state index in [1.165, 1.54) is 24.3 Å². The highest BCUT2D eigenvalue weighted by Gasteiger charge is 2.37. The van der Waals surface area contributed by atoms with Gasteiger partial charge < -0.3 is 5.11 Å². The van der Waals surface area contributed by atoms with Crippen LogP contribution in [-0.4, -0.2) is 23.5 Å². The molecule has 5 heteroatoms. The molecule has 1 aromatic rings. The van der Waals surface area contributed by atoms with E-state index in [-0.39, 0.29) is 12.1 Å². The third-order valence-electron chi connectivity index (χ3n) is 1.92. The number of para-hydroxylation sites is 1. The van der Waals surface area contributed by atoms with Gasteiger partial charge in [-0.25, -0.2) is 0 Å². The minimum atomic E-state index is -4.55. The van der Waals surface area contributed by atoms with Gasteiger partial charge in [-0.3, -0.25) is 4.99 Å². The number of hydrogen-bond acceptors (Lipinski definition) is 2. The molecule has 16 heavy (non-hydrogen) atoms. The van der Waals surface area contributed by atoms with E-state index in [1.54, 1.807) is 6.92 Å². The molecule has 0 aromatic heterocycles. The topological polar surface area (TPSA) is 32.6 Å². The summed E-state index contributed by atoms with van der Waals surface area (Å²) in [7, 11) is 0. The first-order chi connectivity index (χ1) is 7.46. The molecule has 1 aromatic carbocycles. The number of halogens is 3. The van der Waals surface area contributed by atoms with E-state index in [0.29, 0.717) is 6.42 Å². The van der Waals surface area contributed by atoms with Crippen LogP contribution in [0.4, 0.5) is 13.2 Å². The Labute approximate surface area is 91.4 Å². The van der Waals surface area contributed by atoms with Gasteiger partial charge in [0.1, 0.15) is 11.5 Å². The van der Waals surface area contributed by atoms with Crippen molar-refractivity contribution in [2.75, 3.05) is 6.54 Å². The zero-order valence-electron chi connectivity index (χ0n) is 8.75. The van der Waals surface area contributed by atoms with Gasteiger partial charge in [0.25, 0.3) is 0 Å². The second kappa shape index (κ2) is 5.01. The first-order valence-electron chi connectivity index (χ1n) is 4.86. The zero-order valence-corrected chi connectivity index (χ0v) is 8.75. The first-order valence-corrected chi connectivity index (χ1v) is 4.86. The second-order valence-electron chi connectivity index (χ2n) is 3.25. The van der Waals surface area contributed by atoms with Crippen molar-refractivity contribution < 1.29 is 18.3 Å². The van der Waals surface area contributed by atoms with Gasteiger partial charge in [-0.15, -0.1) is 0 Å². The highest BCUT2D eigenvalue weighted by molar-refractivity contribution is 6.06. The molecule has 0 aliphatic rings. The van der Waals surface area contributed by atoms with E-state index in [4.69, 9.17) is 0 Å². The van der Waals surface area contributed by atoms with Gasteiger partial charge >= 0.3 is 6.18 Å². The van der Waals surface area contributed by atoms with Crippen LogP contribution in [0.25, 0.3) is 0 Å². The number of nitrogens with zero attached hydrogens (tertiary/aromatic N) is 1. The number of phenolic OH excluding ortho intramolecular Hbond substituents is 1. The molecule has 0 saturated heterocycles. The van der Waals surface area contributed by atoms with E-state index in [0.717, 1.165) is 0 Å². The molecular weight excluding hydrogens is 219 g/mol. The van der Waals surface area contributed by atoms with Gasteiger partial charge in [0.05, 0.1) is 0 Å². The van der Waals surface area contributed by atoms with Crippen LogP contribution in [0.1, 0.15) is 18.9 Å². The molecule has 0 spiro atoms. The Hall–Kier alpha value is -1.52. The molecule has 0 fully saturated rings. The predicted molar refractivity (Wildman–Crippen MR) is 55.9 cm³/mol. The molecule has 1 rings (SSSR count). The average molecular weight is 231 g/mol. The normalized spacial score (nSPS) is 12.9. The fourth-order valence-electron chi connectivity index (χ4n) is 1.23. The number of benzene rings is 1. The van der Waals surface area contributed by atoms with Crippen molar-refractivity contribution in [3.05, 3.63) is 29.8 Å². The molecule has 2 nitrogen and oxygen atoms in total. The minimum absolute atomic E-state index is 0.0865. The Bertz CT molecular complexity index is 385. The summed E-state index contributed by atoms with van der Waals surface area (Å²) in [5.74, 6) is -0.408. The van der Waals surface area contributed by atoms with Crippen molar-refractivity contribution in [2.45, 2.75) is 19.5 Å². The lowest BCUT2D eigenvalue weighted by molar-refractivity contribution is -0.0583. The Balaban J connectivity index is 3.17. The van der Waals surface area contributed by atoms with E-state index in [1.807, 2.05) is 0 Å². The van der Waals surface area contributed by atoms with Crippen LogP contribution < -0.4 is 0 Å². The van der Waals surface area contributed by atoms with Gasteiger partial charge in [-0.2, -0.15) is 13.2 Å². The fourth-order valence-corrected chi connectivity index (χ4v) is 1.23. The summed E-state index contributed by atoms with van der Waals surface area (Å²) in [4.78, 5) is 3.48. The quantitative estimate of drug-likeness (QED) is 0.796. The maximum atomic E-state index is 12.7. The van der Waals surface area contributed by atoms with Crippen molar-refractivity contribution in [2.24, 2.45) is 4.99 Å². The first kappa shape index (κ1) is 12.5. The molecule has 0 heterocycles. The summed E-state index contributed by atoms with van der Waals surface area (Å²) in [5.41, 5.74) is -1.30. The van der Waals surface area contributed by atoms with Gasteiger partial charge in [-0.05, 0) is 18.6 Å². The lowest BCUT2D eigenvalue weighted by Crippen LogP contribution is -2.24. The van der Waals surface area contributed by atoms with E-state index in [9.17, 15) is 18.3 Å². The fraction of sp³-hybridized carbons (Fsp3) is 0.364. The Morgan fingerprint density at radius 1 is 1.31 bits per heavy atom. The standard InChI is InChI=1S/C11H12F3NO/c1-2-7-15-10(11(12,13)14)8-5-3-4-6-9(8)16/h3-6,16H,2,7H2,1H3. The number of aliphatic imine (C=N–C) groups is 1. The average Bonchev–Trinajstić information content (AvgIpc) is 2.19. The monoisotopic (exact) mass is 231 g/mol. The number of hydrogen-bond donors (Lipinski definition) is 1. The SMILES string of the molecule is CCCN=C(c1ccccc1O)C(F)(F)F. The number of rotatable bonds is 3. The van der Waals surface area contributed by atoms with E-state index < -0.39 is 17.6 Å². The molecule has 0 atom stereocenters. The Morgan fingerprint density at radius 2 is 1.94 bits per heavy atom. The Morgan fingerprint density at radius 3 is 2.44 bits per heavy atom. The van der Waals surface area contributed by atoms with Gasteiger partial charge in [0, 0.05) is 12.1 Å². The summed E-state index contributed by atoms with van der Waals surface area (Å²) >= 11 is 0. The number of alkyl halides is 3. The van der Waals surface area contributed by atoms with Crippen molar-refractivity contribution in [1.82, 2.24) is 0 Å². The summed E-state index contributed by atoms with van der Waals surface area (Å²) < 4.78 is 38.0. The van der Waals surface area contributed by atoms with E-state index in [2.05, 4.69) is 4.99 Å². The third-order valence-corrected chi connectivity index (χ3v) is 1.92. The predicted octanol–water partition coefficient (Wildman–Crippen LogP) is 3.15. The smallest absolute Gasteiger partial charge is 0.433 e. The van der Waals surface area contributed by atoms with Crippen molar-refractivity contribution in [1.29, 1.82) is 0 Å². The number of phenols is 1. The van der Waals surface area contributed by atoms with Crippen LogP contribution >= 0.6 is 0 Å². The zero-order chi connectivity index (χ0) is 12.2. The molecule has 0 amide bonds. The largest absolute Gasteiger partial charge is 0.507 e. The molecule has 0 radical (unpaired) electrons. The highest BCUT2D eigenvalue weighted by atomic mass is 19.4. The van der Waals surface area contributed by atoms with Gasteiger partial charge in [0.15, 0.2) is 0 Å². The summed E-state index contributed by atoms with van der Waals surface area (Å²) in [6, 6.07) is 5.31. The third kappa shape index (κ3) is 2.98. The van der Waals surface area contributed by atoms with Crippen LogP contribution in [0, 0.1) is 0 Å². The molecule has 0 aliphatic heterocycles. The van der Waals surface area contributed by atoms with Crippen LogP contribution in [0.3, 0.4) is 0 Å². The molecular formula is C11H12F3NO.